The van der Waals surface area contributed by atoms with Gasteiger partial charge in [0.2, 0.25) is 0 Å². The minimum Gasteiger partial charge on any atom is -0.462 e. The zero-order valence-electron chi connectivity index (χ0n) is 49.4. The van der Waals surface area contributed by atoms with E-state index < -0.39 is 6.10 Å². The number of hydrogen-bond donors (Lipinski definition) is 0. The lowest BCUT2D eigenvalue weighted by Gasteiger charge is -2.18. The summed E-state index contributed by atoms with van der Waals surface area (Å²) < 4.78 is 16.9. The van der Waals surface area contributed by atoms with Crippen LogP contribution in [0.25, 0.3) is 0 Å². The van der Waals surface area contributed by atoms with Gasteiger partial charge >= 0.3 is 17.9 Å². The van der Waals surface area contributed by atoms with Crippen LogP contribution in [0.4, 0.5) is 0 Å². The van der Waals surface area contributed by atoms with Gasteiger partial charge in [0, 0.05) is 19.3 Å². The van der Waals surface area contributed by atoms with E-state index in [-0.39, 0.29) is 31.1 Å². The summed E-state index contributed by atoms with van der Waals surface area (Å²) in [5.41, 5.74) is 0. The van der Waals surface area contributed by atoms with E-state index in [9.17, 15) is 14.4 Å². The molecule has 0 fully saturated rings. The molecule has 1 atom stereocenters. The number of unbranched alkanes of at least 4 members (excludes halogenated alkanes) is 38. The van der Waals surface area contributed by atoms with Gasteiger partial charge in [0.1, 0.15) is 13.2 Å². The van der Waals surface area contributed by atoms with Crippen molar-refractivity contribution in [3.8, 4) is 0 Å². The highest BCUT2D eigenvalue weighted by atomic mass is 16.6. The third-order valence-corrected chi connectivity index (χ3v) is 14.3. The van der Waals surface area contributed by atoms with Crippen molar-refractivity contribution in [1.29, 1.82) is 0 Å². The molecule has 0 aliphatic carbocycles. The molecule has 1 unspecified atom stereocenters. The van der Waals surface area contributed by atoms with Gasteiger partial charge in [0.25, 0.3) is 0 Å². The molecule has 0 saturated heterocycles. The molecule has 0 aliphatic heterocycles. The molecule has 0 rings (SSSR count). The Kier molecular flexibility index (Phi) is 60.2. The Hall–Kier alpha value is -2.89. The van der Waals surface area contributed by atoms with Crippen LogP contribution in [0.2, 0.25) is 0 Å². The Bertz CT molecular complexity index is 1330. The normalized spacial score (nSPS) is 12.4. The second kappa shape index (κ2) is 62.6. The van der Waals surface area contributed by atoms with Crippen molar-refractivity contribution in [3.05, 3.63) is 60.8 Å². The summed E-state index contributed by atoms with van der Waals surface area (Å²) in [7, 11) is 0. The van der Waals surface area contributed by atoms with Crippen LogP contribution in [-0.4, -0.2) is 37.2 Å². The first-order valence-electron chi connectivity index (χ1n) is 32.3. The molecule has 0 N–H and O–H groups in total. The Morgan fingerprint density at radius 2 is 0.527 bits per heavy atom. The molecule has 0 saturated carbocycles. The smallest absolute Gasteiger partial charge is 0.306 e. The second-order valence-electron chi connectivity index (χ2n) is 21.6. The van der Waals surface area contributed by atoms with Gasteiger partial charge in [-0.05, 0) is 83.5 Å². The van der Waals surface area contributed by atoms with E-state index in [1.807, 2.05) is 0 Å². The first-order valence-corrected chi connectivity index (χ1v) is 32.3. The Morgan fingerprint density at radius 3 is 0.838 bits per heavy atom. The van der Waals surface area contributed by atoms with Crippen LogP contribution in [0.5, 0.6) is 0 Å². The van der Waals surface area contributed by atoms with Crippen molar-refractivity contribution in [1.82, 2.24) is 0 Å². The molecule has 0 radical (unpaired) electrons. The van der Waals surface area contributed by atoms with Crippen molar-refractivity contribution in [2.45, 2.75) is 341 Å². The molecule has 0 spiro atoms. The van der Waals surface area contributed by atoms with Crippen molar-refractivity contribution in [3.63, 3.8) is 0 Å². The van der Waals surface area contributed by atoms with Crippen molar-refractivity contribution in [2.75, 3.05) is 13.2 Å². The highest BCUT2D eigenvalue weighted by Crippen LogP contribution is 2.17. The van der Waals surface area contributed by atoms with Crippen LogP contribution in [0.15, 0.2) is 60.8 Å². The van der Waals surface area contributed by atoms with Crippen LogP contribution in [0.1, 0.15) is 335 Å². The topological polar surface area (TPSA) is 78.9 Å². The fourth-order valence-corrected chi connectivity index (χ4v) is 9.43. The van der Waals surface area contributed by atoms with E-state index in [2.05, 4.69) is 81.5 Å². The molecule has 6 nitrogen and oxygen atoms in total. The summed E-state index contributed by atoms with van der Waals surface area (Å²) in [5, 5.41) is 0. The first kappa shape index (κ1) is 71.1. The molecule has 0 bridgehead atoms. The Labute approximate surface area is 460 Å². The van der Waals surface area contributed by atoms with E-state index in [1.54, 1.807) is 0 Å². The number of allylic oxidation sites excluding steroid dienone is 10. The Morgan fingerprint density at radius 1 is 0.284 bits per heavy atom. The number of rotatable bonds is 59. The first-order chi connectivity index (χ1) is 36.5. The molecule has 0 amide bonds. The standard InChI is InChI=1S/C68H122O6/c1-4-7-10-13-16-19-22-24-26-28-29-30-31-32-33-34-35-36-37-38-39-40-42-43-46-49-52-55-58-61-67(70)73-64-65(63-72-66(69)60-57-54-51-48-45-21-18-15-12-9-6-3)74-68(71)62-59-56-53-50-47-44-41-27-25-23-20-17-14-11-8-5-2/h7,10,16,19,24,26-27,29-30,41,65H,4-6,8-9,11-15,17-18,20-23,25,28,31-40,42-64H2,1-3H3/b10-7-,19-16-,26-24-,30-29-,41-27-. The average molecular weight is 1040 g/mol. The van der Waals surface area contributed by atoms with E-state index in [1.165, 1.54) is 205 Å². The van der Waals surface area contributed by atoms with Gasteiger partial charge in [0.15, 0.2) is 6.10 Å². The van der Waals surface area contributed by atoms with Crippen LogP contribution in [0, 0.1) is 0 Å². The van der Waals surface area contributed by atoms with Crippen LogP contribution < -0.4 is 0 Å². The highest BCUT2D eigenvalue weighted by Gasteiger charge is 2.19. The van der Waals surface area contributed by atoms with Gasteiger partial charge in [0.05, 0.1) is 0 Å². The van der Waals surface area contributed by atoms with E-state index in [4.69, 9.17) is 14.2 Å². The van der Waals surface area contributed by atoms with Gasteiger partial charge in [-0.3, -0.25) is 14.4 Å². The molecule has 74 heavy (non-hydrogen) atoms. The summed E-state index contributed by atoms with van der Waals surface area (Å²) in [6.45, 7) is 6.55. The average Bonchev–Trinajstić information content (AvgIpc) is 3.40. The van der Waals surface area contributed by atoms with Crippen LogP contribution in [-0.2, 0) is 28.6 Å². The maximum Gasteiger partial charge on any atom is 0.306 e. The number of carbonyl (C=O) groups excluding carboxylic acids is 3. The number of hydrogen-bond acceptors (Lipinski definition) is 6. The maximum absolute atomic E-state index is 12.9. The van der Waals surface area contributed by atoms with Gasteiger partial charge < -0.3 is 14.2 Å². The van der Waals surface area contributed by atoms with Gasteiger partial charge in [-0.15, -0.1) is 0 Å². The molecule has 0 heterocycles. The van der Waals surface area contributed by atoms with Crippen LogP contribution >= 0.6 is 0 Å². The lowest BCUT2D eigenvalue weighted by molar-refractivity contribution is -0.167. The summed E-state index contributed by atoms with van der Waals surface area (Å²) >= 11 is 0. The summed E-state index contributed by atoms with van der Waals surface area (Å²) in [5.74, 6) is -0.863. The van der Waals surface area contributed by atoms with Crippen LogP contribution in [0.3, 0.4) is 0 Å². The van der Waals surface area contributed by atoms with Crippen molar-refractivity contribution < 1.29 is 28.6 Å². The molecule has 0 aromatic rings. The van der Waals surface area contributed by atoms with Gasteiger partial charge in [-0.1, -0.05) is 293 Å². The zero-order chi connectivity index (χ0) is 53.6. The van der Waals surface area contributed by atoms with E-state index in [0.29, 0.717) is 19.3 Å². The maximum atomic E-state index is 12.9. The van der Waals surface area contributed by atoms with E-state index >= 15 is 0 Å². The molecule has 0 aliphatic rings. The molecule has 0 aromatic carbocycles. The predicted molar refractivity (Wildman–Crippen MR) is 321 cm³/mol. The van der Waals surface area contributed by atoms with Crippen molar-refractivity contribution in [2.24, 2.45) is 0 Å². The quantitative estimate of drug-likeness (QED) is 0.0261. The number of esters is 3. The SMILES string of the molecule is CC/C=C\C/C=C\C/C=C\C/C=C\CCCCCCCCCCCCCCCCCCC(=O)OCC(COC(=O)CCCCCCCCCCCCC)OC(=O)CCCCCCC/C=C\CCCCCCCCC. The second-order valence-corrected chi connectivity index (χ2v) is 21.6. The largest absolute Gasteiger partial charge is 0.462 e. The molecule has 0 aromatic heterocycles. The fraction of sp³-hybridized carbons (Fsp3) is 0.809. The number of carbonyl (C=O) groups is 3. The summed E-state index contributed by atoms with van der Waals surface area (Å²) in [6, 6.07) is 0. The summed E-state index contributed by atoms with van der Waals surface area (Å²) in [4.78, 5) is 38.2. The molecular weight excluding hydrogens is 913 g/mol. The third-order valence-electron chi connectivity index (χ3n) is 14.3. The summed E-state index contributed by atoms with van der Waals surface area (Å²) in [6.07, 6.45) is 79.5. The molecule has 430 valence electrons. The molecular formula is C68H122O6. The lowest BCUT2D eigenvalue weighted by Crippen LogP contribution is -2.30. The monoisotopic (exact) mass is 1030 g/mol. The zero-order valence-corrected chi connectivity index (χ0v) is 49.4. The minimum absolute atomic E-state index is 0.0724. The highest BCUT2D eigenvalue weighted by molar-refractivity contribution is 5.71. The fourth-order valence-electron chi connectivity index (χ4n) is 9.43. The lowest BCUT2D eigenvalue weighted by atomic mass is 10.0. The third kappa shape index (κ3) is 60.0. The number of ether oxygens (including phenoxy) is 3. The van der Waals surface area contributed by atoms with E-state index in [0.717, 1.165) is 89.9 Å². The van der Waals surface area contributed by atoms with Crippen molar-refractivity contribution >= 4 is 17.9 Å². The minimum atomic E-state index is -0.775. The molecule has 6 heteroatoms. The van der Waals surface area contributed by atoms with Gasteiger partial charge in [-0.2, -0.15) is 0 Å². The van der Waals surface area contributed by atoms with Gasteiger partial charge in [-0.25, -0.2) is 0 Å². The predicted octanol–water partition coefficient (Wildman–Crippen LogP) is 21.9. The Balaban J connectivity index is 4.16.